The lowest BCUT2D eigenvalue weighted by Gasteiger charge is -1.98. The largest absolute Gasteiger partial charge is 0.343 e. The first-order valence-electron chi connectivity index (χ1n) is 7.27. The van der Waals surface area contributed by atoms with Crippen molar-refractivity contribution in [3.63, 3.8) is 0 Å². The highest BCUT2D eigenvalue weighted by molar-refractivity contribution is 5.99. The number of hydrogen-bond donors (Lipinski definition) is 1. The van der Waals surface area contributed by atoms with Gasteiger partial charge >= 0.3 is 0 Å². The molecular formula is C17H15N5O2. The number of nitrogens with zero attached hydrogens (tertiary/aromatic N) is 4. The molecule has 0 saturated carbocycles. The Morgan fingerprint density at radius 2 is 2.17 bits per heavy atom. The number of benzene rings is 1. The van der Waals surface area contributed by atoms with Crippen molar-refractivity contribution < 1.29 is 4.92 Å². The Hall–Kier alpha value is -3.48. The van der Waals surface area contributed by atoms with Gasteiger partial charge in [-0.1, -0.05) is 24.3 Å². The highest BCUT2D eigenvalue weighted by Gasteiger charge is 2.06. The second-order valence-corrected chi connectivity index (χ2v) is 5.07. The van der Waals surface area contributed by atoms with Crippen LogP contribution < -0.4 is 5.43 Å². The normalized spacial score (nSPS) is 11.0. The van der Waals surface area contributed by atoms with Gasteiger partial charge in [-0.25, -0.2) is 4.98 Å². The Bertz CT molecular complexity index is 912. The third kappa shape index (κ3) is 3.14. The van der Waals surface area contributed by atoms with E-state index in [1.165, 1.54) is 18.3 Å². The van der Waals surface area contributed by atoms with Gasteiger partial charge in [0.25, 0.3) is 5.69 Å². The van der Waals surface area contributed by atoms with Crippen molar-refractivity contribution >= 4 is 28.6 Å². The van der Waals surface area contributed by atoms with Crippen LogP contribution in [0.1, 0.15) is 5.56 Å². The molecule has 0 fully saturated rings. The van der Waals surface area contributed by atoms with E-state index >= 15 is 0 Å². The Morgan fingerprint density at radius 3 is 2.88 bits per heavy atom. The molecule has 0 aliphatic heterocycles. The average Bonchev–Trinajstić information content (AvgIpc) is 2.94. The summed E-state index contributed by atoms with van der Waals surface area (Å²) in [4.78, 5) is 14.0. The molecule has 120 valence electrons. The Labute approximate surface area is 138 Å². The molecular weight excluding hydrogens is 306 g/mol. The van der Waals surface area contributed by atoms with Crippen molar-refractivity contribution in [1.82, 2.24) is 9.55 Å². The second kappa shape index (κ2) is 6.74. The van der Waals surface area contributed by atoms with Crippen molar-refractivity contribution in [2.45, 2.75) is 6.54 Å². The first-order chi connectivity index (χ1) is 11.7. The quantitative estimate of drug-likeness (QED) is 0.325. The summed E-state index contributed by atoms with van der Waals surface area (Å²) < 4.78 is 2.09. The molecule has 0 aliphatic carbocycles. The predicted octanol–water partition coefficient (Wildman–Crippen LogP) is 3.58. The van der Waals surface area contributed by atoms with Gasteiger partial charge in [0, 0.05) is 35.3 Å². The topological polar surface area (TPSA) is 85.3 Å². The van der Waals surface area contributed by atoms with Crippen LogP contribution in [0, 0.1) is 10.1 Å². The zero-order valence-electron chi connectivity index (χ0n) is 12.8. The molecule has 3 rings (SSSR count). The van der Waals surface area contributed by atoms with E-state index in [0.29, 0.717) is 12.4 Å². The summed E-state index contributed by atoms with van der Waals surface area (Å²) in [6, 6.07) is 10.9. The molecule has 0 atom stereocenters. The van der Waals surface area contributed by atoms with Crippen molar-refractivity contribution in [2.24, 2.45) is 5.10 Å². The average molecular weight is 321 g/mol. The molecule has 0 aliphatic rings. The van der Waals surface area contributed by atoms with Crippen LogP contribution in [0.4, 0.5) is 11.5 Å². The van der Waals surface area contributed by atoms with E-state index in [2.05, 4.69) is 26.7 Å². The van der Waals surface area contributed by atoms with Gasteiger partial charge in [0.2, 0.25) is 0 Å². The van der Waals surface area contributed by atoms with Crippen LogP contribution >= 0.6 is 0 Å². The van der Waals surface area contributed by atoms with Gasteiger partial charge in [0.1, 0.15) is 12.0 Å². The number of rotatable bonds is 6. The number of anilines is 1. The lowest BCUT2D eigenvalue weighted by Crippen LogP contribution is -1.95. The van der Waals surface area contributed by atoms with Gasteiger partial charge in [-0.2, -0.15) is 5.10 Å². The van der Waals surface area contributed by atoms with Crippen molar-refractivity contribution in [1.29, 1.82) is 0 Å². The zero-order valence-corrected chi connectivity index (χ0v) is 12.8. The number of pyridine rings is 1. The third-order valence-electron chi connectivity index (χ3n) is 3.49. The molecule has 24 heavy (non-hydrogen) atoms. The number of nitro groups is 1. The van der Waals surface area contributed by atoms with Crippen LogP contribution in [0.15, 0.2) is 66.5 Å². The van der Waals surface area contributed by atoms with Crippen molar-refractivity contribution in [3.8, 4) is 0 Å². The fraction of sp³-hybridized carbons (Fsp3) is 0.0588. The SMILES string of the molecule is C=CCn1cc(/C=N/Nc2ccc([N+](=O)[O-])cn2)c2ccccc21. The minimum Gasteiger partial charge on any atom is -0.343 e. The van der Waals surface area contributed by atoms with E-state index in [-0.39, 0.29) is 5.69 Å². The molecule has 7 nitrogen and oxygen atoms in total. The number of allylic oxidation sites excluding steroid dienone is 1. The van der Waals surface area contributed by atoms with Gasteiger partial charge in [-0.15, -0.1) is 6.58 Å². The summed E-state index contributed by atoms with van der Waals surface area (Å²) in [5.74, 6) is 0.437. The van der Waals surface area contributed by atoms with Crippen LogP contribution in [-0.4, -0.2) is 20.7 Å². The fourth-order valence-corrected chi connectivity index (χ4v) is 2.40. The summed E-state index contributed by atoms with van der Waals surface area (Å²) in [5.41, 5.74) is 4.78. The Kier molecular flexibility index (Phi) is 4.33. The number of aromatic nitrogens is 2. The van der Waals surface area contributed by atoms with Crippen LogP contribution in [0.25, 0.3) is 10.9 Å². The zero-order chi connectivity index (χ0) is 16.9. The smallest absolute Gasteiger partial charge is 0.287 e. The molecule has 1 aromatic carbocycles. The van der Waals surface area contributed by atoms with Crippen LogP contribution in [-0.2, 0) is 6.54 Å². The summed E-state index contributed by atoms with van der Waals surface area (Å²) in [5, 5.41) is 15.8. The maximum absolute atomic E-state index is 10.6. The first-order valence-corrected chi connectivity index (χ1v) is 7.27. The Morgan fingerprint density at radius 1 is 1.33 bits per heavy atom. The van der Waals surface area contributed by atoms with Gasteiger partial charge in [0.05, 0.1) is 11.1 Å². The van der Waals surface area contributed by atoms with E-state index in [9.17, 15) is 10.1 Å². The minimum absolute atomic E-state index is 0.0583. The summed E-state index contributed by atoms with van der Waals surface area (Å²) in [7, 11) is 0. The van der Waals surface area contributed by atoms with Crippen molar-refractivity contribution in [2.75, 3.05) is 5.43 Å². The molecule has 7 heteroatoms. The fourth-order valence-electron chi connectivity index (χ4n) is 2.40. The van der Waals surface area contributed by atoms with Crippen LogP contribution in [0.5, 0.6) is 0 Å². The molecule has 0 unspecified atom stereocenters. The van der Waals surface area contributed by atoms with E-state index in [1.807, 2.05) is 36.5 Å². The van der Waals surface area contributed by atoms with E-state index < -0.39 is 4.92 Å². The Balaban J connectivity index is 1.80. The third-order valence-corrected chi connectivity index (χ3v) is 3.49. The van der Waals surface area contributed by atoms with E-state index in [1.54, 1.807) is 6.21 Å². The summed E-state index contributed by atoms with van der Waals surface area (Å²) in [6.07, 6.45) is 6.73. The van der Waals surface area contributed by atoms with Gasteiger partial charge in [-0.3, -0.25) is 15.5 Å². The molecule has 3 aromatic rings. The van der Waals surface area contributed by atoms with Gasteiger partial charge in [-0.05, 0) is 12.1 Å². The lowest BCUT2D eigenvalue weighted by molar-refractivity contribution is -0.385. The highest BCUT2D eigenvalue weighted by Crippen LogP contribution is 2.20. The number of hydrazone groups is 1. The van der Waals surface area contributed by atoms with Gasteiger partial charge in [0.15, 0.2) is 0 Å². The molecule has 0 spiro atoms. The number of para-hydroxylation sites is 1. The predicted molar refractivity (Wildman–Crippen MR) is 94.2 cm³/mol. The summed E-state index contributed by atoms with van der Waals surface area (Å²) >= 11 is 0. The van der Waals surface area contributed by atoms with E-state index in [4.69, 9.17) is 0 Å². The lowest BCUT2D eigenvalue weighted by atomic mass is 10.2. The standard InChI is InChI=1S/C17H15N5O2/c1-2-9-21-12-13(15-5-3-4-6-16(15)21)10-19-20-17-8-7-14(11-18-17)22(23)24/h2-8,10-12H,1,9H2,(H,18,20)/b19-10+. The molecule has 0 radical (unpaired) electrons. The van der Waals surface area contributed by atoms with Crippen molar-refractivity contribution in [3.05, 3.63) is 77.1 Å². The number of hydrogen-bond acceptors (Lipinski definition) is 5. The molecule has 1 N–H and O–H groups in total. The number of fused-ring (bicyclic) bond motifs is 1. The summed E-state index contributed by atoms with van der Waals surface area (Å²) in [6.45, 7) is 4.48. The maximum Gasteiger partial charge on any atom is 0.287 e. The molecule has 2 heterocycles. The molecule has 2 aromatic heterocycles. The highest BCUT2D eigenvalue weighted by atomic mass is 16.6. The van der Waals surface area contributed by atoms with E-state index in [0.717, 1.165) is 16.5 Å². The monoisotopic (exact) mass is 321 g/mol. The first kappa shape index (κ1) is 15.4. The number of nitrogens with one attached hydrogen (secondary N) is 1. The van der Waals surface area contributed by atoms with Gasteiger partial charge < -0.3 is 4.57 Å². The van der Waals surface area contributed by atoms with Crippen LogP contribution in [0.2, 0.25) is 0 Å². The molecule has 0 amide bonds. The minimum atomic E-state index is -0.492. The second-order valence-electron chi connectivity index (χ2n) is 5.07. The maximum atomic E-state index is 10.6. The van der Waals surface area contributed by atoms with Crippen LogP contribution in [0.3, 0.4) is 0 Å². The molecule has 0 bridgehead atoms. The molecule has 0 saturated heterocycles.